The number of carbonyl (C=O) groups excluding carboxylic acids is 1. The van der Waals surface area contributed by atoms with Crippen molar-refractivity contribution in [1.82, 2.24) is 15.5 Å². The summed E-state index contributed by atoms with van der Waals surface area (Å²) < 4.78 is 4.74. The van der Waals surface area contributed by atoms with Gasteiger partial charge in [0.15, 0.2) is 0 Å². The fourth-order valence-electron chi connectivity index (χ4n) is 1.54. The molecule has 88 valence electrons. The molecule has 1 amide bonds. The van der Waals surface area contributed by atoms with Gasteiger partial charge in [0.25, 0.3) is 0 Å². The molecular formula is C9H14N4O2S. The molecule has 16 heavy (non-hydrogen) atoms. The normalized spacial score (nSPS) is 16.0. The number of nitrogens with one attached hydrogen (secondary N) is 1. The molecule has 0 spiro atoms. The van der Waals surface area contributed by atoms with E-state index in [-0.39, 0.29) is 18.6 Å². The topological polar surface area (TPSA) is 67.3 Å². The third kappa shape index (κ3) is 2.48. The molecule has 1 aromatic heterocycles. The third-order valence-electron chi connectivity index (χ3n) is 2.31. The number of amides is 1. The second-order valence-corrected chi connectivity index (χ2v) is 4.87. The molecule has 0 atom stereocenters. The van der Waals surface area contributed by atoms with Gasteiger partial charge >= 0.3 is 0 Å². The number of aromatic nitrogens is 2. The molecule has 0 radical (unpaired) electrons. The first-order chi connectivity index (χ1) is 7.69. The van der Waals surface area contributed by atoms with Gasteiger partial charge in [0.1, 0.15) is 11.6 Å². The van der Waals surface area contributed by atoms with Crippen LogP contribution in [0.5, 0.6) is 0 Å². The van der Waals surface area contributed by atoms with Gasteiger partial charge in [-0.3, -0.25) is 4.79 Å². The van der Waals surface area contributed by atoms with Gasteiger partial charge in [-0.25, -0.2) is 0 Å². The van der Waals surface area contributed by atoms with E-state index in [2.05, 4.69) is 20.4 Å². The molecule has 1 aliphatic heterocycles. The molecule has 1 N–H and O–H groups in total. The first kappa shape index (κ1) is 11.3. The zero-order valence-electron chi connectivity index (χ0n) is 9.27. The van der Waals surface area contributed by atoms with Gasteiger partial charge in [0, 0.05) is 20.2 Å². The number of aryl methyl sites for hydroxylation is 1. The average molecular weight is 242 g/mol. The number of hydrogen-bond donors (Lipinski definition) is 1. The summed E-state index contributed by atoms with van der Waals surface area (Å²) in [5.41, 5.74) is 0. The quantitative estimate of drug-likeness (QED) is 0.792. The van der Waals surface area contributed by atoms with Gasteiger partial charge < -0.3 is 15.0 Å². The summed E-state index contributed by atoms with van der Waals surface area (Å²) in [6, 6.07) is 0.201. The lowest BCUT2D eigenvalue weighted by Gasteiger charge is -2.38. The Kier molecular flexibility index (Phi) is 3.35. The van der Waals surface area contributed by atoms with Crippen molar-refractivity contribution in [2.24, 2.45) is 0 Å². The van der Waals surface area contributed by atoms with Crippen molar-refractivity contribution in [2.75, 3.05) is 31.7 Å². The van der Waals surface area contributed by atoms with Crippen molar-refractivity contribution in [3.05, 3.63) is 5.01 Å². The van der Waals surface area contributed by atoms with Crippen LogP contribution in [0.15, 0.2) is 0 Å². The maximum absolute atomic E-state index is 11.2. The maximum Gasteiger partial charge on any atom is 0.246 e. The lowest BCUT2D eigenvalue weighted by molar-refractivity contribution is -0.125. The van der Waals surface area contributed by atoms with Crippen LogP contribution < -0.4 is 10.2 Å². The summed E-state index contributed by atoms with van der Waals surface area (Å²) in [4.78, 5) is 13.3. The minimum Gasteiger partial charge on any atom is -0.375 e. The van der Waals surface area contributed by atoms with E-state index in [0.29, 0.717) is 0 Å². The fraction of sp³-hybridized carbons (Fsp3) is 0.667. The maximum atomic E-state index is 11.2. The highest BCUT2D eigenvalue weighted by molar-refractivity contribution is 7.15. The molecule has 1 aliphatic rings. The molecule has 0 saturated carbocycles. The van der Waals surface area contributed by atoms with Gasteiger partial charge in [-0.1, -0.05) is 11.3 Å². The Balaban J connectivity index is 1.75. The molecule has 1 saturated heterocycles. The van der Waals surface area contributed by atoms with Gasteiger partial charge in [0.05, 0.1) is 6.04 Å². The molecule has 0 aromatic carbocycles. The smallest absolute Gasteiger partial charge is 0.246 e. The highest BCUT2D eigenvalue weighted by Gasteiger charge is 2.30. The Morgan fingerprint density at radius 3 is 2.94 bits per heavy atom. The van der Waals surface area contributed by atoms with E-state index < -0.39 is 0 Å². The molecule has 1 fully saturated rings. The van der Waals surface area contributed by atoms with E-state index in [1.54, 1.807) is 11.3 Å². The van der Waals surface area contributed by atoms with Crippen LogP contribution in [0.25, 0.3) is 0 Å². The minimum atomic E-state index is -0.0689. The van der Waals surface area contributed by atoms with E-state index in [1.807, 2.05) is 6.92 Å². The van der Waals surface area contributed by atoms with E-state index >= 15 is 0 Å². The largest absolute Gasteiger partial charge is 0.375 e. The van der Waals surface area contributed by atoms with Gasteiger partial charge in [-0.15, -0.1) is 10.2 Å². The molecule has 6 nitrogen and oxygen atoms in total. The zero-order chi connectivity index (χ0) is 11.5. The van der Waals surface area contributed by atoms with E-state index in [1.165, 1.54) is 7.11 Å². The van der Waals surface area contributed by atoms with E-state index in [0.717, 1.165) is 23.2 Å². The van der Waals surface area contributed by atoms with Crippen LogP contribution in [-0.4, -0.2) is 49.0 Å². The van der Waals surface area contributed by atoms with E-state index in [4.69, 9.17) is 4.74 Å². The Hall–Kier alpha value is -1.21. The second kappa shape index (κ2) is 4.75. The number of nitrogens with zero attached hydrogens (tertiary/aromatic N) is 3. The van der Waals surface area contributed by atoms with Crippen LogP contribution in [0.2, 0.25) is 0 Å². The van der Waals surface area contributed by atoms with Crippen LogP contribution in [0.1, 0.15) is 5.01 Å². The van der Waals surface area contributed by atoms with Crippen molar-refractivity contribution in [3.63, 3.8) is 0 Å². The fourth-order valence-corrected chi connectivity index (χ4v) is 2.25. The molecule has 0 aliphatic carbocycles. The molecule has 2 heterocycles. The molecule has 0 unspecified atom stereocenters. The number of hydrogen-bond acceptors (Lipinski definition) is 6. The third-order valence-corrected chi connectivity index (χ3v) is 3.21. The Bertz CT molecular complexity index is 375. The molecule has 0 bridgehead atoms. The van der Waals surface area contributed by atoms with Crippen molar-refractivity contribution < 1.29 is 9.53 Å². The van der Waals surface area contributed by atoms with Crippen molar-refractivity contribution >= 4 is 22.4 Å². The molecule has 1 aromatic rings. The number of carbonyl (C=O) groups is 1. The highest BCUT2D eigenvalue weighted by Crippen LogP contribution is 2.24. The van der Waals surface area contributed by atoms with Crippen LogP contribution >= 0.6 is 11.3 Å². The minimum absolute atomic E-state index is 0.0689. The van der Waals surface area contributed by atoms with Crippen molar-refractivity contribution in [2.45, 2.75) is 13.0 Å². The Morgan fingerprint density at radius 1 is 1.62 bits per heavy atom. The van der Waals surface area contributed by atoms with Gasteiger partial charge in [-0.05, 0) is 6.92 Å². The number of methoxy groups -OCH3 is 1. The number of rotatable bonds is 4. The van der Waals surface area contributed by atoms with E-state index in [9.17, 15) is 4.79 Å². The van der Waals surface area contributed by atoms with Gasteiger partial charge in [-0.2, -0.15) is 0 Å². The molecular weight excluding hydrogens is 228 g/mol. The van der Waals surface area contributed by atoms with Crippen LogP contribution in [0.3, 0.4) is 0 Å². The van der Waals surface area contributed by atoms with Crippen molar-refractivity contribution in [1.29, 1.82) is 0 Å². The zero-order valence-corrected chi connectivity index (χ0v) is 10.1. The number of anilines is 1. The molecule has 2 rings (SSSR count). The standard InChI is InChI=1S/C9H14N4O2S/c1-6-11-12-9(16-6)13-3-7(4-13)10-8(14)5-15-2/h7H,3-5H2,1-2H3,(H,10,14). The summed E-state index contributed by atoms with van der Waals surface area (Å²) in [6.07, 6.45) is 0. The van der Waals surface area contributed by atoms with Crippen LogP contribution in [0.4, 0.5) is 5.13 Å². The summed E-state index contributed by atoms with van der Waals surface area (Å²) in [5.74, 6) is -0.0689. The average Bonchev–Trinajstić information content (AvgIpc) is 2.58. The molecule has 7 heteroatoms. The summed E-state index contributed by atoms with van der Waals surface area (Å²) in [6.45, 7) is 3.64. The van der Waals surface area contributed by atoms with Crippen molar-refractivity contribution in [3.8, 4) is 0 Å². The SMILES string of the molecule is COCC(=O)NC1CN(c2nnc(C)s2)C1. The van der Waals surface area contributed by atoms with Crippen LogP contribution in [0, 0.1) is 6.92 Å². The van der Waals surface area contributed by atoms with Gasteiger partial charge in [0.2, 0.25) is 11.0 Å². The first-order valence-electron chi connectivity index (χ1n) is 5.02. The lowest BCUT2D eigenvalue weighted by atomic mass is 10.1. The summed E-state index contributed by atoms with van der Waals surface area (Å²) in [5, 5.41) is 12.8. The number of ether oxygens (including phenoxy) is 1. The summed E-state index contributed by atoms with van der Waals surface area (Å²) >= 11 is 1.57. The Morgan fingerprint density at radius 2 is 2.38 bits per heavy atom. The first-order valence-corrected chi connectivity index (χ1v) is 5.84. The lowest BCUT2D eigenvalue weighted by Crippen LogP contribution is -2.60. The predicted molar refractivity (Wildman–Crippen MR) is 60.7 cm³/mol. The highest BCUT2D eigenvalue weighted by atomic mass is 32.1. The Labute approximate surface area is 97.6 Å². The van der Waals surface area contributed by atoms with Crippen LogP contribution in [-0.2, 0) is 9.53 Å². The summed E-state index contributed by atoms with van der Waals surface area (Å²) in [7, 11) is 1.51. The second-order valence-electron chi connectivity index (χ2n) is 3.71. The monoisotopic (exact) mass is 242 g/mol. The predicted octanol–water partition coefficient (Wildman–Crippen LogP) is -0.202.